The summed E-state index contributed by atoms with van der Waals surface area (Å²) < 4.78 is 20.2. The second-order valence-corrected chi connectivity index (χ2v) is 14.0. The normalized spacial score (nSPS) is 25.3. The van der Waals surface area contributed by atoms with Crippen LogP contribution in [0.4, 0.5) is 0 Å². The largest absolute Gasteiger partial charge is 0.457 e. The summed E-state index contributed by atoms with van der Waals surface area (Å²) in [4.78, 5) is 0. The highest BCUT2D eigenvalue weighted by Gasteiger charge is 2.58. The molecule has 0 unspecified atom stereocenters. The first-order chi connectivity index (χ1) is 15.8. The Balaban J connectivity index is 1.59. The Hall–Kier alpha value is -2.18. The van der Waals surface area contributed by atoms with E-state index in [0.717, 1.165) is 12.7 Å². The van der Waals surface area contributed by atoms with Gasteiger partial charge >= 0.3 is 7.12 Å². The molecule has 2 fully saturated rings. The summed E-state index contributed by atoms with van der Waals surface area (Å²) in [7, 11) is -2.82. The number of rotatable bonds is 5. The van der Waals surface area contributed by atoms with Gasteiger partial charge in [0.15, 0.2) is 0 Å². The van der Waals surface area contributed by atoms with Gasteiger partial charge in [-0.3, -0.25) is 0 Å². The maximum atomic E-state index is 7.26. The molecule has 0 aliphatic carbocycles. The van der Waals surface area contributed by atoms with Gasteiger partial charge in [0, 0.05) is 0 Å². The van der Waals surface area contributed by atoms with Gasteiger partial charge in [0.2, 0.25) is 0 Å². The van der Waals surface area contributed by atoms with Crippen molar-refractivity contribution >= 4 is 25.8 Å². The second kappa shape index (κ2) is 8.55. The zero-order valence-electron chi connectivity index (χ0n) is 20.0. The van der Waals surface area contributed by atoms with Crippen LogP contribution in [-0.4, -0.2) is 26.6 Å². The fourth-order valence-corrected chi connectivity index (χ4v) is 10.2. The molecular weight excluding hydrogens is 423 g/mol. The first-order valence-electron chi connectivity index (χ1n) is 12.0. The summed E-state index contributed by atoms with van der Waals surface area (Å²) in [6.07, 6.45) is 1.85. The molecular formula is C28H33BO3Si. The Morgan fingerprint density at radius 1 is 0.727 bits per heavy atom. The molecule has 0 bridgehead atoms. The molecule has 2 saturated heterocycles. The molecule has 0 radical (unpaired) electrons. The van der Waals surface area contributed by atoms with E-state index in [0.29, 0.717) is 5.54 Å². The molecule has 3 aromatic carbocycles. The van der Waals surface area contributed by atoms with Crippen LogP contribution in [0.3, 0.4) is 0 Å². The minimum absolute atomic E-state index is 0.0608. The first-order valence-corrected chi connectivity index (χ1v) is 14.0. The average molecular weight is 456 g/mol. The molecule has 2 aliphatic rings. The van der Waals surface area contributed by atoms with Crippen molar-refractivity contribution < 1.29 is 13.7 Å². The minimum Gasteiger partial charge on any atom is -0.403 e. The van der Waals surface area contributed by atoms with Crippen LogP contribution in [0.2, 0.25) is 11.9 Å². The summed E-state index contributed by atoms with van der Waals surface area (Å²) in [6, 6.07) is 32.4. The van der Waals surface area contributed by atoms with Gasteiger partial charge < -0.3 is 13.7 Å². The Morgan fingerprint density at radius 2 is 1.18 bits per heavy atom. The Labute approximate surface area is 199 Å². The SMILES string of the molecule is CC1(C)OB(C[C@H]2C[C@@H](c3ccccc3)O[Si]2(c2ccccc2)c2ccccc2)OC1(C)C. The molecule has 3 aromatic rings. The van der Waals surface area contributed by atoms with E-state index in [-0.39, 0.29) is 24.4 Å². The lowest BCUT2D eigenvalue weighted by Gasteiger charge is -2.33. The monoisotopic (exact) mass is 456 g/mol. The maximum Gasteiger partial charge on any atom is 0.457 e. The van der Waals surface area contributed by atoms with E-state index < -0.39 is 8.32 Å². The quantitative estimate of drug-likeness (QED) is 0.483. The van der Waals surface area contributed by atoms with Crippen LogP contribution in [-0.2, 0) is 13.7 Å². The molecule has 0 aromatic heterocycles. The van der Waals surface area contributed by atoms with Crippen LogP contribution in [0.1, 0.15) is 45.8 Å². The third-order valence-corrected chi connectivity index (χ3v) is 12.4. The minimum atomic E-state index is -2.58. The van der Waals surface area contributed by atoms with Gasteiger partial charge in [0.25, 0.3) is 8.32 Å². The maximum absolute atomic E-state index is 7.26. The molecule has 5 heteroatoms. The standard InChI is InChI=1S/C28H33BO3Si/c1-27(2)28(3,4)32-29(31-27)21-25-20-26(22-14-8-5-9-15-22)30-33(25,23-16-10-6-11-17-23)24-18-12-7-13-19-24/h5-19,25-26H,20-21H2,1-4H3/t25-,26+/m1/s1. The lowest BCUT2D eigenvalue weighted by molar-refractivity contribution is 0.00578. The third kappa shape index (κ3) is 4.02. The summed E-state index contributed by atoms with van der Waals surface area (Å²) >= 11 is 0. The van der Waals surface area contributed by atoms with E-state index >= 15 is 0 Å². The molecule has 5 rings (SSSR count). The van der Waals surface area contributed by atoms with Crippen LogP contribution in [0.5, 0.6) is 0 Å². The van der Waals surface area contributed by atoms with Crippen LogP contribution >= 0.6 is 0 Å². The molecule has 0 amide bonds. The molecule has 3 nitrogen and oxygen atoms in total. The highest BCUT2D eigenvalue weighted by atomic mass is 28.4. The number of hydrogen-bond acceptors (Lipinski definition) is 3. The van der Waals surface area contributed by atoms with Crippen LogP contribution in [0.15, 0.2) is 91.0 Å². The first kappa shape index (κ1) is 22.6. The molecule has 33 heavy (non-hydrogen) atoms. The Bertz CT molecular complexity index is 1020. The van der Waals surface area contributed by atoms with Crippen LogP contribution in [0, 0.1) is 0 Å². The van der Waals surface area contributed by atoms with E-state index in [4.69, 9.17) is 13.7 Å². The van der Waals surface area contributed by atoms with Crippen molar-refractivity contribution in [2.75, 3.05) is 0 Å². The fraction of sp³-hybridized carbons (Fsp3) is 0.357. The highest BCUT2D eigenvalue weighted by molar-refractivity contribution is 6.99. The van der Waals surface area contributed by atoms with Crippen LogP contribution in [0.25, 0.3) is 0 Å². The van der Waals surface area contributed by atoms with Crippen molar-refractivity contribution in [1.82, 2.24) is 0 Å². The van der Waals surface area contributed by atoms with E-state index in [1.807, 2.05) is 0 Å². The van der Waals surface area contributed by atoms with Crippen molar-refractivity contribution in [2.45, 2.75) is 63.3 Å². The number of hydrogen-bond donors (Lipinski definition) is 0. The summed E-state index contributed by atoms with van der Waals surface area (Å²) in [6.45, 7) is 8.52. The molecule has 2 atom stereocenters. The van der Waals surface area contributed by atoms with E-state index in [2.05, 4.69) is 119 Å². The van der Waals surface area contributed by atoms with Crippen molar-refractivity contribution in [3.05, 3.63) is 96.6 Å². The van der Waals surface area contributed by atoms with Gasteiger partial charge in [-0.15, -0.1) is 0 Å². The topological polar surface area (TPSA) is 27.7 Å². The summed E-state index contributed by atoms with van der Waals surface area (Å²) in [5.74, 6) is 0. The van der Waals surface area contributed by atoms with Gasteiger partial charge in [-0.05, 0) is 61.9 Å². The van der Waals surface area contributed by atoms with Crippen LogP contribution < -0.4 is 10.4 Å². The Kier molecular flexibility index (Phi) is 5.86. The summed E-state index contributed by atoms with van der Waals surface area (Å²) in [5.41, 5.74) is 0.902. The Morgan fingerprint density at radius 3 is 1.67 bits per heavy atom. The molecule has 170 valence electrons. The predicted molar refractivity (Wildman–Crippen MR) is 137 cm³/mol. The van der Waals surface area contributed by atoms with Gasteiger partial charge in [-0.25, -0.2) is 0 Å². The summed E-state index contributed by atoms with van der Waals surface area (Å²) in [5, 5.41) is 2.63. The van der Waals surface area contributed by atoms with E-state index in [1.165, 1.54) is 15.9 Å². The van der Waals surface area contributed by atoms with Crippen molar-refractivity contribution in [2.24, 2.45) is 0 Å². The van der Waals surface area contributed by atoms with Gasteiger partial charge in [-0.1, -0.05) is 91.0 Å². The van der Waals surface area contributed by atoms with Crippen molar-refractivity contribution in [3.8, 4) is 0 Å². The van der Waals surface area contributed by atoms with Gasteiger partial charge in [0.1, 0.15) is 0 Å². The lowest BCUT2D eigenvalue weighted by Crippen LogP contribution is -2.61. The smallest absolute Gasteiger partial charge is 0.403 e. The molecule has 2 heterocycles. The predicted octanol–water partition coefficient (Wildman–Crippen LogP) is 5.37. The zero-order valence-corrected chi connectivity index (χ0v) is 21.0. The van der Waals surface area contributed by atoms with E-state index in [1.54, 1.807) is 0 Å². The zero-order chi connectivity index (χ0) is 23.1. The lowest BCUT2D eigenvalue weighted by atomic mass is 9.81. The average Bonchev–Trinajstić information content (AvgIpc) is 3.29. The van der Waals surface area contributed by atoms with Crippen molar-refractivity contribution in [3.63, 3.8) is 0 Å². The molecule has 0 saturated carbocycles. The van der Waals surface area contributed by atoms with Gasteiger partial charge in [-0.2, -0.15) is 0 Å². The molecule has 0 spiro atoms. The second-order valence-electron chi connectivity index (χ2n) is 10.3. The fourth-order valence-electron chi connectivity index (χ4n) is 5.37. The van der Waals surface area contributed by atoms with Crippen molar-refractivity contribution in [1.29, 1.82) is 0 Å². The molecule has 2 aliphatic heterocycles. The highest BCUT2D eigenvalue weighted by Crippen LogP contribution is 2.49. The molecule has 0 N–H and O–H groups in total. The van der Waals surface area contributed by atoms with Gasteiger partial charge in [0.05, 0.1) is 17.3 Å². The van der Waals surface area contributed by atoms with E-state index in [9.17, 15) is 0 Å². The third-order valence-electron chi connectivity index (χ3n) is 7.76. The number of benzene rings is 3.